The lowest BCUT2D eigenvalue weighted by Crippen LogP contribution is -2.29. The molecule has 0 aliphatic heterocycles. The molecule has 0 fully saturated rings. The van der Waals surface area contributed by atoms with Crippen LogP contribution in [-0.4, -0.2) is 17.5 Å². The van der Waals surface area contributed by atoms with Gasteiger partial charge in [0.25, 0.3) is 5.56 Å². The number of aromatic nitrogens is 1. The SMILES string of the molecule is CNC(=O)Cn1ccc(C)cc1=O. The normalized spacial score (nSPS) is 9.69. The summed E-state index contributed by atoms with van der Waals surface area (Å²) in [5, 5.41) is 2.46. The van der Waals surface area contributed by atoms with E-state index in [2.05, 4.69) is 5.32 Å². The zero-order valence-corrected chi connectivity index (χ0v) is 7.70. The quantitative estimate of drug-likeness (QED) is 0.691. The fourth-order valence-electron chi connectivity index (χ4n) is 0.971. The van der Waals surface area contributed by atoms with Crippen molar-refractivity contribution in [1.82, 2.24) is 9.88 Å². The van der Waals surface area contributed by atoms with Gasteiger partial charge >= 0.3 is 0 Å². The monoisotopic (exact) mass is 180 g/mol. The van der Waals surface area contributed by atoms with Crippen molar-refractivity contribution in [3.8, 4) is 0 Å². The van der Waals surface area contributed by atoms with E-state index in [1.165, 1.54) is 10.6 Å². The number of nitrogens with one attached hydrogen (secondary N) is 1. The van der Waals surface area contributed by atoms with Crippen LogP contribution >= 0.6 is 0 Å². The van der Waals surface area contributed by atoms with E-state index >= 15 is 0 Å². The fraction of sp³-hybridized carbons (Fsp3) is 0.333. The molecule has 0 aliphatic carbocycles. The molecule has 1 heterocycles. The minimum absolute atomic E-state index is 0.0790. The number of hydrogen-bond donors (Lipinski definition) is 1. The summed E-state index contributed by atoms with van der Waals surface area (Å²) in [6, 6.07) is 3.30. The maximum atomic E-state index is 11.3. The summed E-state index contributed by atoms with van der Waals surface area (Å²) in [6.07, 6.45) is 1.62. The Hall–Kier alpha value is -1.58. The van der Waals surface area contributed by atoms with E-state index in [0.717, 1.165) is 5.56 Å². The van der Waals surface area contributed by atoms with Crippen LogP contribution in [0.5, 0.6) is 0 Å². The van der Waals surface area contributed by atoms with Crippen molar-refractivity contribution in [2.75, 3.05) is 7.05 Å². The van der Waals surface area contributed by atoms with E-state index in [4.69, 9.17) is 0 Å². The van der Waals surface area contributed by atoms with Gasteiger partial charge in [0.1, 0.15) is 6.54 Å². The predicted molar refractivity (Wildman–Crippen MR) is 49.5 cm³/mol. The van der Waals surface area contributed by atoms with Crippen LogP contribution in [-0.2, 0) is 11.3 Å². The van der Waals surface area contributed by atoms with Gasteiger partial charge in [-0.05, 0) is 18.6 Å². The highest BCUT2D eigenvalue weighted by molar-refractivity contribution is 5.75. The Morgan fingerprint density at radius 3 is 2.85 bits per heavy atom. The van der Waals surface area contributed by atoms with Crippen molar-refractivity contribution in [3.63, 3.8) is 0 Å². The Labute approximate surface area is 76.2 Å². The molecule has 1 aromatic rings. The van der Waals surface area contributed by atoms with Crippen molar-refractivity contribution < 1.29 is 4.79 Å². The van der Waals surface area contributed by atoms with Gasteiger partial charge in [-0.15, -0.1) is 0 Å². The predicted octanol–water partition coefficient (Wildman–Crippen LogP) is -0.0973. The molecule has 4 heteroatoms. The van der Waals surface area contributed by atoms with E-state index in [-0.39, 0.29) is 18.0 Å². The molecule has 0 unspecified atom stereocenters. The Kier molecular flexibility index (Phi) is 2.84. The van der Waals surface area contributed by atoms with Crippen molar-refractivity contribution in [1.29, 1.82) is 0 Å². The van der Waals surface area contributed by atoms with E-state index in [1.54, 1.807) is 19.3 Å². The van der Waals surface area contributed by atoms with Crippen molar-refractivity contribution in [2.24, 2.45) is 0 Å². The van der Waals surface area contributed by atoms with Crippen LogP contribution in [0.1, 0.15) is 5.56 Å². The smallest absolute Gasteiger partial charge is 0.251 e. The van der Waals surface area contributed by atoms with Gasteiger partial charge in [-0.2, -0.15) is 0 Å². The molecule has 0 atom stereocenters. The lowest BCUT2D eigenvalue weighted by atomic mass is 10.3. The minimum atomic E-state index is -0.175. The first-order valence-corrected chi connectivity index (χ1v) is 4.01. The number of likely N-dealkylation sites (N-methyl/N-ethyl adjacent to an activating group) is 1. The number of amides is 1. The van der Waals surface area contributed by atoms with Crippen molar-refractivity contribution >= 4 is 5.91 Å². The Morgan fingerprint density at radius 1 is 1.62 bits per heavy atom. The molecule has 13 heavy (non-hydrogen) atoms. The van der Waals surface area contributed by atoms with Gasteiger partial charge in [0, 0.05) is 19.3 Å². The topological polar surface area (TPSA) is 51.1 Å². The van der Waals surface area contributed by atoms with Crippen LogP contribution in [0.3, 0.4) is 0 Å². The van der Waals surface area contributed by atoms with Crippen LogP contribution in [0.2, 0.25) is 0 Å². The molecule has 4 nitrogen and oxygen atoms in total. The first-order chi connectivity index (χ1) is 6.13. The molecule has 0 aliphatic rings. The van der Waals surface area contributed by atoms with E-state index in [1.807, 2.05) is 6.92 Å². The van der Waals surface area contributed by atoms with E-state index < -0.39 is 0 Å². The zero-order chi connectivity index (χ0) is 9.84. The highest BCUT2D eigenvalue weighted by Crippen LogP contribution is 1.90. The highest BCUT2D eigenvalue weighted by atomic mass is 16.2. The van der Waals surface area contributed by atoms with Gasteiger partial charge in [0.05, 0.1) is 0 Å². The third-order valence-electron chi connectivity index (χ3n) is 1.74. The lowest BCUT2D eigenvalue weighted by molar-refractivity contribution is -0.121. The third kappa shape index (κ3) is 2.43. The number of rotatable bonds is 2. The number of nitrogens with zero attached hydrogens (tertiary/aromatic N) is 1. The summed E-state index contributed by atoms with van der Waals surface area (Å²) < 4.78 is 1.37. The molecule has 0 spiro atoms. The number of hydrogen-bond acceptors (Lipinski definition) is 2. The van der Waals surface area contributed by atoms with Crippen LogP contribution in [0.4, 0.5) is 0 Å². The number of pyridine rings is 1. The summed E-state index contributed by atoms with van der Waals surface area (Å²) in [5.41, 5.74) is 0.752. The molecule has 0 bridgehead atoms. The second kappa shape index (κ2) is 3.89. The molecule has 0 aromatic carbocycles. The van der Waals surface area contributed by atoms with Gasteiger partial charge in [-0.1, -0.05) is 0 Å². The first kappa shape index (κ1) is 9.51. The second-order valence-electron chi connectivity index (χ2n) is 2.84. The highest BCUT2D eigenvalue weighted by Gasteiger charge is 2.00. The van der Waals surface area contributed by atoms with Gasteiger partial charge in [0.2, 0.25) is 5.91 Å². The second-order valence-corrected chi connectivity index (χ2v) is 2.84. The minimum Gasteiger partial charge on any atom is -0.358 e. The standard InChI is InChI=1S/C9H12N2O2/c1-7-3-4-11(9(13)5-7)6-8(12)10-2/h3-5H,6H2,1-2H3,(H,10,12). The molecular formula is C9H12N2O2. The van der Waals surface area contributed by atoms with E-state index in [0.29, 0.717) is 0 Å². The summed E-state index contributed by atoms with van der Waals surface area (Å²) in [4.78, 5) is 22.2. The fourth-order valence-corrected chi connectivity index (χ4v) is 0.971. The molecule has 1 N–H and O–H groups in total. The average molecular weight is 180 g/mol. The maximum Gasteiger partial charge on any atom is 0.251 e. The lowest BCUT2D eigenvalue weighted by Gasteiger charge is -2.03. The molecule has 1 rings (SSSR count). The molecule has 1 aromatic heterocycles. The Balaban J connectivity index is 2.90. The molecule has 1 amide bonds. The largest absolute Gasteiger partial charge is 0.358 e. The van der Waals surface area contributed by atoms with Gasteiger partial charge in [-0.3, -0.25) is 9.59 Å². The molecule has 0 radical (unpaired) electrons. The zero-order valence-electron chi connectivity index (χ0n) is 7.70. The maximum absolute atomic E-state index is 11.3. The van der Waals surface area contributed by atoms with E-state index in [9.17, 15) is 9.59 Å². The molecular weight excluding hydrogens is 168 g/mol. The summed E-state index contributed by atoms with van der Waals surface area (Å²) in [5.74, 6) is -0.175. The average Bonchev–Trinajstić information content (AvgIpc) is 2.09. The van der Waals surface area contributed by atoms with Crippen LogP contribution < -0.4 is 10.9 Å². The van der Waals surface area contributed by atoms with Gasteiger partial charge < -0.3 is 9.88 Å². The number of aryl methyl sites for hydroxylation is 1. The van der Waals surface area contributed by atoms with Crippen LogP contribution in [0, 0.1) is 6.92 Å². The van der Waals surface area contributed by atoms with Gasteiger partial charge in [0.15, 0.2) is 0 Å². The molecule has 0 saturated heterocycles. The van der Waals surface area contributed by atoms with Crippen LogP contribution in [0.15, 0.2) is 23.1 Å². The van der Waals surface area contributed by atoms with Crippen molar-refractivity contribution in [2.45, 2.75) is 13.5 Å². The summed E-state index contributed by atoms with van der Waals surface area (Å²) >= 11 is 0. The van der Waals surface area contributed by atoms with Crippen LogP contribution in [0.25, 0.3) is 0 Å². The molecule has 0 saturated carbocycles. The number of carbonyl (C=O) groups excluding carboxylic acids is 1. The summed E-state index contributed by atoms with van der Waals surface area (Å²) in [7, 11) is 1.54. The van der Waals surface area contributed by atoms with Gasteiger partial charge in [-0.25, -0.2) is 0 Å². The van der Waals surface area contributed by atoms with Crippen molar-refractivity contribution in [3.05, 3.63) is 34.2 Å². The summed E-state index contributed by atoms with van der Waals surface area (Å²) in [6.45, 7) is 1.92. The number of carbonyl (C=O) groups is 1. The third-order valence-corrected chi connectivity index (χ3v) is 1.74. The Morgan fingerprint density at radius 2 is 2.31 bits per heavy atom. The molecule has 70 valence electrons. The Bertz CT molecular complexity index is 368. The first-order valence-electron chi connectivity index (χ1n) is 4.01.